The van der Waals surface area contributed by atoms with Crippen LogP contribution in [0.3, 0.4) is 0 Å². The monoisotopic (exact) mass is 251 g/mol. The Labute approximate surface area is 95.9 Å². The molecule has 0 fully saturated rings. The van der Waals surface area contributed by atoms with E-state index < -0.39 is 29.2 Å². The Bertz CT molecular complexity index is 282. The van der Waals surface area contributed by atoms with Gasteiger partial charge in [0, 0.05) is 5.75 Å². The van der Waals surface area contributed by atoms with Gasteiger partial charge in [-0.1, -0.05) is 0 Å². The maximum absolute atomic E-state index is 10.9. The molecule has 0 spiro atoms. The number of thioether (sulfide) groups is 1. The van der Waals surface area contributed by atoms with E-state index in [4.69, 9.17) is 15.9 Å². The lowest BCUT2D eigenvalue weighted by Gasteiger charge is -2.12. The minimum Gasteiger partial charge on any atom is -0.480 e. The molecule has 1 unspecified atom stereocenters. The van der Waals surface area contributed by atoms with E-state index in [-0.39, 0.29) is 12.2 Å². The van der Waals surface area contributed by atoms with E-state index in [1.54, 1.807) is 0 Å². The van der Waals surface area contributed by atoms with Gasteiger partial charge in [-0.15, -0.1) is 11.8 Å². The summed E-state index contributed by atoms with van der Waals surface area (Å²) in [6.45, 7) is 0. The summed E-state index contributed by atoms with van der Waals surface area (Å²) in [6.07, 6.45) is -0.317. The van der Waals surface area contributed by atoms with Crippen molar-refractivity contribution in [3.05, 3.63) is 0 Å². The van der Waals surface area contributed by atoms with Gasteiger partial charge in [0.2, 0.25) is 0 Å². The number of nitrogens with two attached hydrogens (primary N) is 1. The number of carbonyl (C=O) groups excluding carboxylic acids is 1. The summed E-state index contributed by atoms with van der Waals surface area (Å²) < 4.78 is 4.32. The standard InChI is InChI=1S/C8H13NO6S/c1-15-6(10)2-5(8(13)14)16-3-4(9)7(11)12/h4-5H,2-3,9H2,1H3,(H,11,12)(H,13,14)/t4-,5?/m0/s1. The summed E-state index contributed by atoms with van der Waals surface area (Å²) in [7, 11) is 1.15. The molecule has 0 aromatic rings. The molecular weight excluding hydrogens is 238 g/mol. The van der Waals surface area contributed by atoms with Gasteiger partial charge in [0.25, 0.3) is 0 Å². The lowest BCUT2D eigenvalue weighted by atomic mass is 10.3. The van der Waals surface area contributed by atoms with Gasteiger partial charge in [0.15, 0.2) is 0 Å². The molecule has 0 radical (unpaired) electrons. The molecule has 0 heterocycles. The lowest BCUT2D eigenvalue weighted by Crippen LogP contribution is -2.34. The van der Waals surface area contributed by atoms with Crippen LogP contribution in [0, 0.1) is 0 Å². The molecule has 0 aliphatic heterocycles. The zero-order chi connectivity index (χ0) is 12.7. The Morgan fingerprint density at radius 1 is 1.31 bits per heavy atom. The molecule has 0 aliphatic rings. The zero-order valence-electron chi connectivity index (χ0n) is 8.58. The predicted octanol–water partition coefficient (Wildman–Crippen LogP) is -0.852. The van der Waals surface area contributed by atoms with Crippen molar-refractivity contribution in [2.75, 3.05) is 12.9 Å². The van der Waals surface area contributed by atoms with E-state index in [2.05, 4.69) is 4.74 Å². The zero-order valence-corrected chi connectivity index (χ0v) is 9.40. The fourth-order valence-electron chi connectivity index (χ4n) is 0.743. The van der Waals surface area contributed by atoms with Gasteiger partial charge in [-0.2, -0.15) is 0 Å². The molecule has 4 N–H and O–H groups in total. The normalized spacial score (nSPS) is 13.9. The third-order valence-electron chi connectivity index (χ3n) is 1.65. The molecule has 0 rings (SSSR count). The van der Waals surface area contributed by atoms with Gasteiger partial charge in [-0.05, 0) is 0 Å². The number of methoxy groups -OCH3 is 1. The number of carboxylic acid groups (broad SMARTS) is 2. The first-order valence-electron chi connectivity index (χ1n) is 4.28. The molecule has 0 amide bonds. The van der Waals surface area contributed by atoms with Crippen LogP contribution >= 0.6 is 11.8 Å². The summed E-state index contributed by atoms with van der Waals surface area (Å²) in [6, 6.07) is -1.15. The lowest BCUT2D eigenvalue weighted by molar-refractivity contribution is -0.145. The fraction of sp³-hybridized carbons (Fsp3) is 0.625. The molecule has 16 heavy (non-hydrogen) atoms. The first-order valence-corrected chi connectivity index (χ1v) is 5.33. The first-order chi connectivity index (χ1) is 7.38. The molecule has 0 aliphatic carbocycles. The van der Waals surface area contributed by atoms with Crippen molar-refractivity contribution >= 4 is 29.7 Å². The quantitative estimate of drug-likeness (QED) is 0.499. The van der Waals surface area contributed by atoms with E-state index >= 15 is 0 Å². The summed E-state index contributed by atoms with van der Waals surface area (Å²) in [5.41, 5.74) is 5.20. The Kier molecular flexibility index (Phi) is 6.50. The number of ether oxygens (including phenoxy) is 1. The maximum Gasteiger partial charge on any atom is 0.321 e. The predicted molar refractivity (Wildman–Crippen MR) is 56.1 cm³/mol. The molecule has 92 valence electrons. The average molecular weight is 251 g/mol. The summed E-state index contributed by atoms with van der Waals surface area (Å²) in [5.74, 6) is -3.16. The van der Waals surface area contributed by atoms with E-state index in [9.17, 15) is 14.4 Å². The number of carboxylic acids is 2. The van der Waals surface area contributed by atoms with Gasteiger partial charge in [0.05, 0.1) is 13.5 Å². The van der Waals surface area contributed by atoms with E-state index in [0.29, 0.717) is 0 Å². The van der Waals surface area contributed by atoms with Crippen molar-refractivity contribution in [1.29, 1.82) is 0 Å². The van der Waals surface area contributed by atoms with Gasteiger partial charge in [-0.3, -0.25) is 14.4 Å². The van der Waals surface area contributed by atoms with Crippen LogP contribution in [0.5, 0.6) is 0 Å². The maximum atomic E-state index is 10.9. The number of hydrogen-bond acceptors (Lipinski definition) is 6. The van der Waals surface area contributed by atoms with Crippen LogP contribution in [0.4, 0.5) is 0 Å². The van der Waals surface area contributed by atoms with Crippen LogP contribution in [0.25, 0.3) is 0 Å². The van der Waals surface area contributed by atoms with Crippen LogP contribution in [0.15, 0.2) is 0 Å². The minimum absolute atomic E-state index is 0.0801. The van der Waals surface area contributed by atoms with Crippen LogP contribution in [-0.2, 0) is 19.1 Å². The molecule has 0 saturated carbocycles. The molecular formula is C8H13NO6S. The second kappa shape index (κ2) is 7.07. The van der Waals surface area contributed by atoms with Crippen molar-refractivity contribution < 1.29 is 29.3 Å². The van der Waals surface area contributed by atoms with Gasteiger partial charge >= 0.3 is 17.9 Å². The van der Waals surface area contributed by atoms with Crippen molar-refractivity contribution in [2.45, 2.75) is 17.7 Å². The fourth-order valence-corrected chi connectivity index (χ4v) is 1.72. The Morgan fingerprint density at radius 2 is 1.88 bits per heavy atom. The van der Waals surface area contributed by atoms with Crippen molar-refractivity contribution in [3.8, 4) is 0 Å². The van der Waals surface area contributed by atoms with Crippen LogP contribution < -0.4 is 5.73 Å². The smallest absolute Gasteiger partial charge is 0.321 e. The SMILES string of the molecule is COC(=O)CC(SC[C@H](N)C(=O)O)C(=O)O. The highest BCUT2D eigenvalue weighted by Crippen LogP contribution is 2.16. The molecule has 8 heteroatoms. The molecule has 0 aromatic heterocycles. The third-order valence-corrected chi connectivity index (χ3v) is 2.97. The highest BCUT2D eigenvalue weighted by molar-refractivity contribution is 8.00. The Hall–Kier alpha value is -1.28. The largest absolute Gasteiger partial charge is 0.480 e. The highest BCUT2D eigenvalue weighted by Gasteiger charge is 2.24. The molecule has 0 aromatic carbocycles. The molecule has 0 saturated heterocycles. The molecule has 7 nitrogen and oxygen atoms in total. The number of esters is 1. The van der Waals surface area contributed by atoms with Crippen molar-refractivity contribution in [3.63, 3.8) is 0 Å². The van der Waals surface area contributed by atoms with Gasteiger partial charge in [0.1, 0.15) is 11.3 Å². The Balaban J connectivity index is 4.19. The van der Waals surface area contributed by atoms with Crippen molar-refractivity contribution in [1.82, 2.24) is 0 Å². The number of aliphatic carboxylic acids is 2. The second-order valence-electron chi connectivity index (χ2n) is 2.89. The highest BCUT2D eigenvalue weighted by atomic mass is 32.2. The molecule has 2 atom stereocenters. The third kappa shape index (κ3) is 5.56. The number of rotatable bonds is 7. The minimum atomic E-state index is -1.21. The average Bonchev–Trinajstić information content (AvgIpc) is 2.22. The van der Waals surface area contributed by atoms with Crippen molar-refractivity contribution in [2.24, 2.45) is 5.73 Å². The van der Waals surface area contributed by atoms with Crippen LogP contribution in [-0.4, -0.2) is 52.3 Å². The van der Waals surface area contributed by atoms with E-state index in [1.807, 2.05) is 0 Å². The summed E-state index contributed by atoms with van der Waals surface area (Å²) in [4.78, 5) is 32.0. The second-order valence-corrected chi connectivity index (χ2v) is 4.12. The van der Waals surface area contributed by atoms with E-state index in [1.165, 1.54) is 0 Å². The van der Waals surface area contributed by atoms with E-state index in [0.717, 1.165) is 18.9 Å². The first kappa shape index (κ1) is 14.7. The Morgan fingerprint density at radius 3 is 2.25 bits per heavy atom. The number of carbonyl (C=O) groups is 3. The topological polar surface area (TPSA) is 127 Å². The van der Waals surface area contributed by atoms with Gasteiger partial charge < -0.3 is 20.7 Å². The van der Waals surface area contributed by atoms with Crippen LogP contribution in [0.1, 0.15) is 6.42 Å². The van der Waals surface area contributed by atoms with Gasteiger partial charge in [-0.25, -0.2) is 0 Å². The number of hydrogen-bond donors (Lipinski definition) is 3. The summed E-state index contributed by atoms with van der Waals surface area (Å²) in [5, 5.41) is 16.2. The van der Waals surface area contributed by atoms with Crippen LogP contribution in [0.2, 0.25) is 0 Å². The molecule has 0 bridgehead atoms. The summed E-state index contributed by atoms with van der Waals surface area (Å²) >= 11 is 0.804.